The zero-order valence-corrected chi connectivity index (χ0v) is 21.2. The number of aromatic hydroxyl groups is 1. The van der Waals surface area contributed by atoms with Crippen molar-refractivity contribution < 1.29 is 21.9 Å². The van der Waals surface area contributed by atoms with Gasteiger partial charge in [0.1, 0.15) is 10.6 Å². The Bertz CT molecular complexity index is 1470. The second kappa shape index (κ2) is 10.2. The fraction of sp³-hybridized carbons (Fsp3) is 0.240. The smallest absolute Gasteiger partial charge is 0.244 e. The van der Waals surface area contributed by atoms with E-state index in [4.69, 9.17) is 5.26 Å². The number of hydrogen-bond acceptors (Lipinski definition) is 6. The van der Waals surface area contributed by atoms with Crippen molar-refractivity contribution in [2.45, 2.75) is 42.5 Å². The van der Waals surface area contributed by atoms with Crippen molar-refractivity contribution in [1.29, 1.82) is 5.26 Å². The molecule has 0 amide bonds. The molecule has 3 rings (SSSR count). The van der Waals surface area contributed by atoms with Gasteiger partial charge in [-0.15, -0.1) is 0 Å². The maximum absolute atomic E-state index is 12.9. The van der Waals surface area contributed by atoms with Crippen LogP contribution in [-0.4, -0.2) is 34.0 Å². The quantitative estimate of drug-likeness (QED) is 0.422. The molecule has 10 heteroatoms. The summed E-state index contributed by atoms with van der Waals surface area (Å²) in [4.78, 5) is -0.177. The molecule has 0 saturated heterocycles. The van der Waals surface area contributed by atoms with Gasteiger partial charge in [-0.3, -0.25) is 0 Å². The highest BCUT2D eigenvalue weighted by atomic mass is 32.2. The van der Waals surface area contributed by atoms with E-state index in [0.29, 0.717) is 17.5 Å². The number of phenolic OH excluding ortho intramolecular Hbond substituents is 1. The van der Waals surface area contributed by atoms with Gasteiger partial charge in [0.05, 0.1) is 16.5 Å². The van der Waals surface area contributed by atoms with Gasteiger partial charge in [0, 0.05) is 17.6 Å². The number of benzene rings is 3. The number of nitriles is 1. The SMILES string of the molecule is CC(C)(C)NS(=O)(=O)c1ccccc1-c1ccc(CCNS(=O)(=O)c2cc(C#N)ccc2O)cc1. The first-order valence-electron chi connectivity index (χ1n) is 10.8. The predicted molar refractivity (Wildman–Crippen MR) is 134 cm³/mol. The van der Waals surface area contributed by atoms with E-state index in [9.17, 15) is 21.9 Å². The minimum absolute atomic E-state index is 0.0678. The third-order valence-corrected chi connectivity index (χ3v) is 8.27. The predicted octanol–water partition coefficient (Wildman–Crippen LogP) is 3.53. The second-order valence-electron chi connectivity index (χ2n) is 8.99. The molecule has 35 heavy (non-hydrogen) atoms. The Morgan fingerprint density at radius 3 is 2.17 bits per heavy atom. The van der Waals surface area contributed by atoms with Gasteiger partial charge in [-0.1, -0.05) is 42.5 Å². The standard InChI is InChI=1S/C25H27N3O5S2/c1-25(2,3)28-35(32,33)23-7-5-4-6-21(23)20-11-8-18(9-12-20)14-15-27-34(30,31)24-16-19(17-26)10-13-22(24)29/h4-13,16,27-29H,14-15H2,1-3H3. The summed E-state index contributed by atoms with van der Waals surface area (Å²) in [6.45, 7) is 5.39. The van der Waals surface area contributed by atoms with Crippen LogP contribution in [0.15, 0.2) is 76.5 Å². The first kappa shape index (κ1) is 26.4. The molecule has 0 fully saturated rings. The number of sulfonamides is 2. The zero-order chi connectivity index (χ0) is 25.9. The van der Waals surface area contributed by atoms with Crippen LogP contribution >= 0.6 is 0 Å². The number of nitrogens with zero attached hydrogens (tertiary/aromatic N) is 1. The molecule has 0 aliphatic heterocycles. The van der Waals surface area contributed by atoms with Crippen LogP contribution in [0.25, 0.3) is 11.1 Å². The summed E-state index contributed by atoms with van der Waals surface area (Å²) in [6.07, 6.45) is 0.365. The Hall–Kier alpha value is -3.23. The zero-order valence-electron chi connectivity index (χ0n) is 19.6. The van der Waals surface area contributed by atoms with Gasteiger partial charge < -0.3 is 5.11 Å². The lowest BCUT2D eigenvalue weighted by molar-refractivity contribution is 0.458. The molecule has 0 radical (unpaired) electrons. The summed E-state index contributed by atoms with van der Waals surface area (Å²) in [6, 6.07) is 19.4. The lowest BCUT2D eigenvalue weighted by Crippen LogP contribution is -2.40. The fourth-order valence-corrected chi connectivity index (χ4v) is 6.26. The topological polar surface area (TPSA) is 136 Å². The van der Waals surface area contributed by atoms with E-state index < -0.39 is 31.3 Å². The van der Waals surface area contributed by atoms with E-state index in [1.165, 1.54) is 12.1 Å². The average Bonchev–Trinajstić information content (AvgIpc) is 2.78. The molecule has 3 aromatic carbocycles. The summed E-state index contributed by atoms with van der Waals surface area (Å²) in [7, 11) is -7.75. The molecule has 0 heterocycles. The van der Waals surface area contributed by atoms with Crippen LogP contribution in [0.2, 0.25) is 0 Å². The molecule has 0 atom stereocenters. The monoisotopic (exact) mass is 513 g/mol. The van der Waals surface area contributed by atoms with Crippen LogP contribution in [0.4, 0.5) is 0 Å². The van der Waals surface area contributed by atoms with E-state index in [1.807, 2.05) is 6.07 Å². The molecule has 0 aliphatic carbocycles. The van der Waals surface area contributed by atoms with Gasteiger partial charge in [0.2, 0.25) is 20.0 Å². The average molecular weight is 514 g/mol. The molecule has 3 N–H and O–H groups in total. The van der Waals surface area contributed by atoms with Crippen LogP contribution in [0, 0.1) is 11.3 Å². The minimum atomic E-state index is -4.01. The Morgan fingerprint density at radius 2 is 1.54 bits per heavy atom. The number of rotatable bonds is 8. The van der Waals surface area contributed by atoms with Gasteiger partial charge >= 0.3 is 0 Å². The molecule has 0 unspecified atom stereocenters. The number of hydrogen-bond donors (Lipinski definition) is 3. The molecule has 0 spiro atoms. The van der Waals surface area contributed by atoms with Gasteiger partial charge in [0.25, 0.3) is 0 Å². The Morgan fingerprint density at radius 1 is 0.886 bits per heavy atom. The summed E-state index contributed by atoms with van der Waals surface area (Å²) >= 11 is 0. The van der Waals surface area contributed by atoms with Gasteiger partial charge in [-0.05, 0) is 62.6 Å². The minimum Gasteiger partial charge on any atom is -0.507 e. The third kappa shape index (κ3) is 6.68. The number of phenols is 1. The highest BCUT2D eigenvalue weighted by Gasteiger charge is 2.24. The molecule has 0 aliphatic rings. The van der Waals surface area contributed by atoms with Crippen LogP contribution in [0.1, 0.15) is 31.9 Å². The van der Waals surface area contributed by atoms with Crippen LogP contribution < -0.4 is 9.44 Å². The van der Waals surface area contributed by atoms with Crippen LogP contribution in [0.3, 0.4) is 0 Å². The normalized spacial score (nSPS) is 12.3. The first-order chi connectivity index (χ1) is 16.3. The molecular weight excluding hydrogens is 486 g/mol. The number of nitrogens with one attached hydrogen (secondary N) is 2. The maximum atomic E-state index is 12.9. The fourth-order valence-electron chi connectivity index (χ4n) is 3.45. The molecular formula is C25H27N3O5S2. The van der Waals surface area contributed by atoms with Gasteiger partial charge in [0.15, 0.2) is 0 Å². The Kier molecular flexibility index (Phi) is 7.67. The largest absolute Gasteiger partial charge is 0.507 e. The summed E-state index contributed by atoms with van der Waals surface area (Å²) in [5, 5.41) is 18.9. The van der Waals surface area contributed by atoms with E-state index >= 15 is 0 Å². The van der Waals surface area contributed by atoms with E-state index in [1.54, 1.807) is 69.3 Å². The first-order valence-corrected chi connectivity index (χ1v) is 13.7. The van der Waals surface area contributed by atoms with E-state index in [-0.39, 0.29) is 21.9 Å². The third-order valence-electron chi connectivity index (χ3n) is 4.97. The Balaban J connectivity index is 1.74. The summed E-state index contributed by atoms with van der Waals surface area (Å²) in [5.74, 6) is -0.435. The van der Waals surface area contributed by atoms with Crippen molar-refractivity contribution in [2.75, 3.05) is 6.54 Å². The molecule has 3 aromatic rings. The highest BCUT2D eigenvalue weighted by molar-refractivity contribution is 7.90. The Labute approximate surface area is 206 Å². The van der Waals surface area contributed by atoms with Gasteiger partial charge in [-0.2, -0.15) is 5.26 Å². The molecule has 184 valence electrons. The molecule has 0 aromatic heterocycles. The van der Waals surface area contributed by atoms with Gasteiger partial charge in [-0.25, -0.2) is 26.3 Å². The van der Waals surface area contributed by atoms with Crippen molar-refractivity contribution in [2.24, 2.45) is 0 Å². The molecule has 0 bridgehead atoms. The van der Waals surface area contributed by atoms with E-state index in [2.05, 4.69) is 9.44 Å². The van der Waals surface area contributed by atoms with E-state index in [0.717, 1.165) is 11.6 Å². The van der Waals surface area contributed by atoms with Crippen molar-refractivity contribution >= 4 is 20.0 Å². The highest BCUT2D eigenvalue weighted by Crippen LogP contribution is 2.28. The maximum Gasteiger partial charge on any atom is 0.244 e. The molecule has 8 nitrogen and oxygen atoms in total. The van der Waals surface area contributed by atoms with Crippen molar-refractivity contribution in [3.8, 4) is 22.9 Å². The lowest BCUT2D eigenvalue weighted by Gasteiger charge is -2.21. The van der Waals surface area contributed by atoms with Crippen LogP contribution in [0.5, 0.6) is 5.75 Å². The van der Waals surface area contributed by atoms with Crippen LogP contribution in [-0.2, 0) is 26.5 Å². The van der Waals surface area contributed by atoms with Crippen molar-refractivity contribution in [3.05, 3.63) is 77.9 Å². The summed E-state index contributed by atoms with van der Waals surface area (Å²) < 4.78 is 56.0. The van der Waals surface area contributed by atoms with Crippen molar-refractivity contribution in [1.82, 2.24) is 9.44 Å². The molecule has 0 saturated carbocycles. The summed E-state index contributed by atoms with van der Waals surface area (Å²) in [5.41, 5.74) is 1.60. The van der Waals surface area contributed by atoms with Crippen molar-refractivity contribution in [3.63, 3.8) is 0 Å². The lowest BCUT2D eigenvalue weighted by atomic mass is 10.0. The second-order valence-corrected chi connectivity index (χ2v) is 12.4.